The minimum absolute atomic E-state index is 0.227. The van der Waals surface area contributed by atoms with Crippen LogP contribution in [0.15, 0.2) is 105 Å². The first kappa shape index (κ1) is 20.3. The van der Waals surface area contributed by atoms with Crippen molar-refractivity contribution in [2.75, 3.05) is 0 Å². The Balaban J connectivity index is 1.83. The van der Waals surface area contributed by atoms with Gasteiger partial charge in [-0.05, 0) is 48.5 Å². The van der Waals surface area contributed by atoms with Gasteiger partial charge in [0.25, 0.3) is 10.1 Å². The first-order chi connectivity index (χ1) is 14.9. The van der Waals surface area contributed by atoms with Gasteiger partial charge < -0.3 is 5.11 Å². The van der Waals surface area contributed by atoms with E-state index in [1.165, 1.54) is 21.5 Å². The summed E-state index contributed by atoms with van der Waals surface area (Å²) in [5, 5.41) is 18.6. The Morgan fingerprint density at radius 1 is 0.710 bits per heavy atom. The molecule has 4 aromatic rings. The number of rotatable bonds is 5. The van der Waals surface area contributed by atoms with Gasteiger partial charge in [0.2, 0.25) is 11.6 Å². The van der Waals surface area contributed by atoms with E-state index in [1.54, 1.807) is 54.6 Å². The van der Waals surface area contributed by atoms with Crippen molar-refractivity contribution in [3.63, 3.8) is 0 Å². The van der Waals surface area contributed by atoms with E-state index in [-0.39, 0.29) is 16.3 Å². The molecule has 1 aromatic heterocycles. The van der Waals surface area contributed by atoms with E-state index in [0.717, 1.165) is 12.1 Å². The lowest BCUT2D eigenvalue weighted by Gasteiger charge is -2.12. The molecular weight excluding hydrogens is 420 g/mol. The summed E-state index contributed by atoms with van der Waals surface area (Å²) >= 11 is 0. The van der Waals surface area contributed by atoms with Crippen LogP contribution in [-0.2, 0) is 10.1 Å². The van der Waals surface area contributed by atoms with E-state index in [2.05, 4.69) is 10.2 Å². The van der Waals surface area contributed by atoms with Crippen LogP contribution in [0.3, 0.4) is 0 Å². The van der Waals surface area contributed by atoms with E-state index in [1.807, 2.05) is 6.07 Å². The normalized spacial score (nSPS) is 11.8. The highest BCUT2D eigenvalue weighted by Gasteiger charge is 2.22. The number of aromatic hydroxyl groups is 1. The average Bonchev–Trinajstić information content (AvgIpc) is 3.03. The number of benzene rings is 3. The number of hydrogen-bond acceptors (Lipinski definition) is 6. The van der Waals surface area contributed by atoms with Gasteiger partial charge in [0, 0.05) is 0 Å². The topological polar surface area (TPSA) is 126 Å². The predicted octanol–water partition coefficient (Wildman–Crippen LogP) is 4.00. The summed E-state index contributed by atoms with van der Waals surface area (Å²) < 4.78 is 33.9. The molecule has 3 aromatic carbocycles. The Bertz CT molecular complexity index is 1410. The monoisotopic (exact) mass is 436 g/mol. The van der Waals surface area contributed by atoms with Crippen molar-refractivity contribution in [2.24, 2.45) is 10.2 Å². The maximum absolute atomic E-state index is 13.1. The lowest BCUT2D eigenvalue weighted by atomic mass is 10.3. The molecule has 10 heteroatoms. The molecule has 0 spiro atoms. The van der Waals surface area contributed by atoms with Crippen molar-refractivity contribution < 1.29 is 18.1 Å². The second-order valence-corrected chi connectivity index (χ2v) is 7.86. The molecule has 0 aliphatic rings. The summed E-state index contributed by atoms with van der Waals surface area (Å²) in [6.07, 6.45) is 0. The molecule has 4 rings (SSSR count). The Labute approximate surface area is 176 Å². The van der Waals surface area contributed by atoms with Crippen LogP contribution in [0.1, 0.15) is 0 Å². The lowest BCUT2D eigenvalue weighted by Crippen LogP contribution is -2.20. The van der Waals surface area contributed by atoms with E-state index >= 15 is 0 Å². The summed E-state index contributed by atoms with van der Waals surface area (Å²) in [7, 11) is -4.33. The van der Waals surface area contributed by atoms with Crippen LogP contribution in [-0.4, -0.2) is 27.4 Å². The van der Waals surface area contributed by atoms with Crippen molar-refractivity contribution in [3.05, 3.63) is 95.3 Å². The second kappa shape index (κ2) is 8.01. The van der Waals surface area contributed by atoms with Gasteiger partial charge in [-0.15, -0.1) is 5.11 Å². The molecule has 1 heterocycles. The SMILES string of the molecule is O=c1c(N=Nc2ccc(S(=O)(=O)O)cc2)c(O)n(-c2ccccc2)n1-c1ccccc1. The molecule has 0 radical (unpaired) electrons. The molecular formula is C21H16N4O5S. The van der Waals surface area contributed by atoms with Gasteiger partial charge in [-0.2, -0.15) is 13.5 Å². The molecule has 0 aliphatic carbocycles. The highest BCUT2D eigenvalue weighted by molar-refractivity contribution is 7.85. The van der Waals surface area contributed by atoms with E-state index < -0.39 is 21.6 Å². The molecule has 0 bridgehead atoms. The van der Waals surface area contributed by atoms with Crippen LogP contribution in [0.4, 0.5) is 11.4 Å². The zero-order valence-electron chi connectivity index (χ0n) is 15.9. The molecule has 2 N–H and O–H groups in total. The molecule has 0 saturated carbocycles. The summed E-state index contributed by atoms with van der Waals surface area (Å²) in [5.74, 6) is -0.404. The first-order valence-corrected chi connectivity index (χ1v) is 10.5. The van der Waals surface area contributed by atoms with Crippen LogP contribution < -0.4 is 5.56 Å². The fraction of sp³-hybridized carbons (Fsp3) is 0. The number of aromatic nitrogens is 2. The maximum atomic E-state index is 13.1. The van der Waals surface area contributed by atoms with Crippen LogP contribution in [0.2, 0.25) is 0 Å². The highest BCUT2D eigenvalue weighted by atomic mass is 32.2. The fourth-order valence-electron chi connectivity index (χ4n) is 2.97. The highest BCUT2D eigenvalue weighted by Crippen LogP contribution is 2.30. The first-order valence-electron chi connectivity index (χ1n) is 9.03. The van der Waals surface area contributed by atoms with Crippen molar-refractivity contribution in [3.8, 4) is 17.3 Å². The molecule has 0 unspecified atom stereocenters. The van der Waals surface area contributed by atoms with Gasteiger partial charge >= 0.3 is 5.56 Å². The zero-order chi connectivity index (χ0) is 22.0. The molecule has 9 nitrogen and oxygen atoms in total. The molecule has 0 fully saturated rings. The minimum Gasteiger partial charge on any atom is -0.492 e. The van der Waals surface area contributed by atoms with Gasteiger partial charge in [0.1, 0.15) is 0 Å². The van der Waals surface area contributed by atoms with Crippen LogP contribution in [0.5, 0.6) is 5.88 Å². The molecule has 0 amide bonds. The smallest absolute Gasteiger partial charge is 0.303 e. The molecule has 156 valence electrons. The molecule has 0 saturated heterocycles. The van der Waals surface area contributed by atoms with Crippen molar-refractivity contribution in [1.82, 2.24) is 9.36 Å². The summed E-state index contributed by atoms with van der Waals surface area (Å²) in [4.78, 5) is 12.8. The lowest BCUT2D eigenvalue weighted by molar-refractivity contribution is 0.426. The minimum atomic E-state index is -4.33. The van der Waals surface area contributed by atoms with Crippen LogP contribution in [0, 0.1) is 0 Å². The van der Waals surface area contributed by atoms with Gasteiger partial charge in [-0.1, -0.05) is 36.4 Å². The third-order valence-corrected chi connectivity index (χ3v) is 5.28. The third-order valence-electron chi connectivity index (χ3n) is 4.41. The Kier molecular flexibility index (Phi) is 5.24. The molecule has 0 aliphatic heterocycles. The molecule has 31 heavy (non-hydrogen) atoms. The van der Waals surface area contributed by atoms with Crippen molar-refractivity contribution in [2.45, 2.75) is 4.90 Å². The zero-order valence-corrected chi connectivity index (χ0v) is 16.7. The Hall–Kier alpha value is -4.02. The number of hydrogen-bond donors (Lipinski definition) is 2. The van der Waals surface area contributed by atoms with E-state index in [0.29, 0.717) is 11.4 Å². The fourth-order valence-corrected chi connectivity index (χ4v) is 3.45. The second-order valence-electron chi connectivity index (χ2n) is 6.44. The number of para-hydroxylation sites is 2. The van der Waals surface area contributed by atoms with E-state index in [9.17, 15) is 18.3 Å². The maximum Gasteiger partial charge on any atom is 0.303 e. The standard InChI is InChI=1S/C21H16N4O5S/c26-20-19(23-22-15-11-13-18(14-12-15)31(28,29)30)21(27)25(17-9-5-2-6-10-17)24(20)16-7-3-1-4-8-16/h1-14,26H,(H,28,29,30). The quantitative estimate of drug-likeness (QED) is 0.361. The largest absolute Gasteiger partial charge is 0.492 e. The Morgan fingerprint density at radius 3 is 1.74 bits per heavy atom. The predicted molar refractivity (Wildman–Crippen MR) is 113 cm³/mol. The van der Waals surface area contributed by atoms with Gasteiger partial charge in [0.05, 0.1) is 22.0 Å². The van der Waals surface area contributed by atoms with Crippen LogP contribution in [0.25, 0.3) is 11.4 Å². The number of nitrogens with zero attached hydrogens (tertiary/aromatic N) is 4. The third kappa shape index (κ3) is 4.02. The summed E-state index contributed by atoms with van der Waals surface area (Å²) in [6.45, 7) is 0. The van der Waals surface area contributed by atoms with Gasteiger partial charge in [-0.3, -0.25) is 9.35 Å². The van der Waals surface area contributed by atoms with Crippen LogP contribution >= 0.6 is 0 Å². The summed E-state index contributed by atoms with van der Waals surface area (Å²) in [6, 6.07) is 22.5. The van der Waals surface area contributed by atoms with Gasteiger partial charge in [0.15, 0.2) is 0 Å². The Morgan fingerprint density at radius 2 is 1.23 bits per heavy atom. The number of azo groups is 1. The summed E-state index contributed by atoms with van der Waals surface area (Å²) in [5.41, 5.74) is 0.410. The average molecular weight is 436 g/mol. The molecule has 0 atom stereocenters. The van der Waals surface area contributed by atoms with Gasteiger partial charge in [-0.25, -0.2) is 9.36 Å². The van der Waals surface area contributed by atoms with Crippen molar-refractivity contribution in [1.29, 1.82) is 0 Å². The van der Waals surface area contributed by atoms with E-state index in [4.69, 9.17) is 4.55 Å². The van der Waals surface area contributed by atoms with Crippen molar-refractivity contribution >= 4 is 21.5 Å².